The van der Waals surface area contributed by atoms with E-state index in [1.165, 1.54) is 5.56 Å². The van der Waals surface area contributed by atoms with E-state index < -0.39 is 18.3 Å². The van der Waals surface area contributed by atoms with E-state index in [1.807, 2.05) is 64.1 Å². The zero-order valence-electron chi connectivity index (χ0n) is 16.3. The van der Waals surface area contributed by atoms with Gasteiger partial charge in [-0.3, -0.25) is 4.99 Å². The molecule has 0 aromatic heterocycles. The minimum atomic E-state index is -0.555. The second kappa shape index (κ2) is 6.73. The van der Waals surface area contributed by atoms with Crippen LogP contribution in [0.3, 0.4) is 0 Å². The first-order chi connectivity index (χ1) is 12.9. The van der Waals surface area contributed by atoms with Crippen molar-refractivity contribution in [2.45, 2.75) is 51.4 Å². The summed E-state index contributed by atoms with van der Waals surface area (Å²) in [5, 5.41) is 0. The predicted molar refractivity (Wildman–Crippen MR) is 110 cm³/mol. The van der Waals surface area contributed by atoms with Gasteiger partial charge in [0.1, 0.15) is 0 Å². The van der Waals surface area contributed by atoms with E-state index in [4.69, 9.17) is 19.3 Å². The van der Waals surface area contributed by atoms with E-state index in [0.717, 1.165) is 17.7 Å². The highest BCUT2D eigenvalue weighted by atomic mass is 16.7. The molecule has 0 spiro atoms. The molecule has 138 valence electrons. The van der Waals surface area contributed by atoms with E-state index in [2.05, 4.69) is 24.3 Å². The maximum Gasteiger partial charge on any atom is 0.534 e. The number of benzene rings is 2. The van der Waals surface area contributed by atoms with Crippen LogP contribution in [0.5, 0.6) is 0 Å². The topological polar surface area (TPSA) is 43.2 Å². The number of aliphatic imine (C=N–C) groups is 2. The normalized spacial score (nSPS) is 23.7. The Hall–Kier alpha value is -2.24. The maximum atomic E-state index is 6.21. The molecule has 1 unspecified atom stereocenters. The lowest BCUT2D eigenvalue weighted by molar-refractivity contribution is 0.00578. The third-order valence-corrected chi connectivity index (χ3v) is 5.68. The molecule has 2 aliphatic rings. The summed E-state index contributed by atoms with van der Waals surface area (Å²) < 4.78 is 12.4. The molecule has 5 heteroatoms. The van der Waals surface area contributed by atoms with Crippen LogP contribution in [0.2, 0.25) is 0 Å². The van der Waals surface area contributed by atoms with Crippen LogP contribution in [0.15, 0.2) is 70.6 Å². The monoisotopic (exact) mass is 360 g/mol. The lowest BCUT2D eigenvalue weighted by Crippen LogP contribution is -2.41. The Morgan fingerprint density at radius 1 is 0.852 bits per heavy atom. The van der Waals surface area contributed by atoms with Gasteiger partial charge in [0.25, 0.3) is 0 Å². The molecule has 0 bridgehead atoms. The lowest BCUT2D eigenvalue weighted by Gasteiger charge is -2.32. The van der Waals surface area contributed by atoms with Gasteiger partial charge in [-0.15, -0.1) is 0 Å². The number of hydrogen-bond acceptors (Lipinski definition) is 4. The highest BCUT2D eigenvalue weighted by molar-refractivity contribution is 6.82. The smallest absolute Gasteiger partial charge is 0.397 e. The van der Waals surface area contributed by atoms with E-state index >= 15 is 0 Å². The Morgan fingerprint density at radius 3 is 2.00 bits per heavy atom. The molecule has 0 aliphatic carbocycles. The molecule has 2 aromatic rings. The van der Waals surface area contributed by atoms with Crippen molar-refractivity contribution in [1.82, 2.24) is 0 Å². The Kier molecular flexibility index (Phi) is 4.53. The molecular formula is C22H25BN2O2. The Balaban J connectivity index is 1.73. The van der Waals surface area contributed by atoms with Crippen molar-refractivity contribution < 1.29 is 9.31 Å². The number of nitrogens with zero attached hydrogens (tertiary/aromatic N) is 2. The third kappa shape index (κ3) is 3.49. The van der Waals surface area contributed by atoms with Gasteiger partial charge in [0.05, 0.1) is 23.0 Å². The summed E-state index contributed by atoms with van der Waals surface area (Å²) in [6, 6.07) is 20.6. The summed E-state index contributed by atoms with van der Waals surface area (Å²) in [7, 11) is -0.555. The summed E-state index contributed by atoms with van der Waals surface area (Å²) >= 11 is 0. The maximum absolute atomic E-state index is 6.21. The van der Waals surface area contributed by atoms with Crippen molar-refractivity contribution in [1.29, 1.82) is 0 Å². The van der Waals surface area contributed by atoms with Crippen LogP contribution in [0.1, 0.15) is 51.3 Å². The summed E-state index contributed by atoms with van der Waals surface area (Å²) in [5.74, 6) is 0. The van der Waals surface area contributed by atoms with E-state index in [1.54, 1.807) is 0 Å². The second-order valence-electron chi connectivity index (χ2n) is 8.13. The molecule has 0 saturated carbocycles. The Labute approximate surface area is 161 Å². The zero-order valence-corrected chi connectivity index (χ0v) is 16.3. The van der Waals surface area contributed by atoms with E-state index in [0.29, 0.717) is 5.73 Å². The third-order valence-electron chi connectivity index (χ3n) is 5.68. The van der Waals surface area contributed by atoms with Crippen molar-refractivity contribution in [2.24, 2.45) is 9.98 Å². The molecule has 0 amide bonds. The van der Waals surface area contributed by atoms with E-state index in [9.17, 15) is 0 Å². The summed E-state index contributed by atoms with van der Waals surface area (Å²) in [6.45, 7) is 8.19. The second-order valence-corrected chi connectivity index (χ2v) is 8.13. The van der Waals surface area contributed by atoms with Crippen molar-refractivity contribution in [3.05, 3.63) is 71.8 Å². The first kappa shape index (κ1) is 18.1. The average molecular weight is 360 g/mol. The van der Waals surface area contributed by atoms with Crippen molar-refractivity contribution in [3.63, 3.8) is 0 Å². The number of hydrogen-bond donors (Lipinski definition) is 0. The van der Waals surface area contributed by atoms with Gasteiger partial charge in [0.15, 0.2) is 5.73 Å². The van der Waals surface area contributed by atoms with Gasteiger partial charge >= 0.3 is 7.12 Å². The van der Waals surface area contributed by atoms with Crippen LogP contribution >= 0.6 is 0 Å². The minimum Gasteiger partial charge on any atom is -0.397 e. The molecule has 27 heavy (non-hydrogen) atoms. The molecular weight excluding hydrogens is 335 g/mol. The molecule has 2 heterocycles. The average Bonchev–Trinajstić information content (AvgIpc) is 2.90. The molecule has 2 aromatic carbocycles. The molecule has 1 saturated heterocycles. The fourth-order valence-electron chi connectivity index (χ4n) is 3.34. The standard InChI is InChI=1S/C22H25BN2O2/c1-21(2)22(3,4)27-23(26-21)20-24-18(16-11-7-5-8-12-16)15-19(25-20)17-13-9-6-10-14-17/h5-14,18H,15H2,1-4H3. The minimum absolute atomic E-state index is 0.00734. The van der Waals surface area contributed by atoms with Crippen LogP contribution in [0.25, 0.3) is 0 Å². The van der Waals surface area contributed by atoms with Crippen molar-refractivity contribution in [3.8, 4) is 0 Å². The number of amidine groups is 1. The van der Waals surface area contributed by atoms with Crippen LogP contribution < -0.4 is 0 Å². The summed E-state index contributed by atoms with van der Waals surface area (Å²) in [4.78, 5) is 9.78. The largest absolute Gasteiger partial charge is 0.534 e. The predicted octanol–water partition coefficient (Wildman–Crippen LogP) is 4.65. The molecule has 0 N–H and O–H groups in total. The number of rotatable bonds is 3. The molecule has 4 nitrogen and oxygen atoms in total. The molecule has 1 atom stereocenters. The van der Waals surface area contributed by atoms with Gasteiger partial charge in [-0.1, -0.05) is 60.7 Å². The summed E-state index contributed by atoms with van der Waals surface area (Å²) in [5.41, 5.74) is 3.10. The quantitative estimate of drug-likeness (QED) is 0.748. The highest BCUT2D eigenvalue weighted by Crippen LogP contribution is 2.38. The van der Waals surface area contributed by atoms with E-state index in [-0.39, 0.29) is 6.04 Å². The van der Waals surface area contributed by atoms with Crippen LogP contribution in [0, 0.1) is 0 Å². The fraction of sp³-hybridized carbons (Fsp3) is 0.364. The highest BCUT2D eigenvalue weighted by Gasteiger charge is 2.54. The van der Waals surface area contributed by atoms with Crippen LogP contribution in [-0.4, -0.2) is 29.8 Å². The van der Waals surface area contributed by atoms with Gasteiger partial charge in [0.2, 0.25) is 0 Å². The summed E-state index contributed by atoms with van der Waals surface area (Å²) in [6.07, 6.45) is 0.761. The fourth-order valence-corrected chi connectivity index (χ4v) is 3.34. The first-order valence-electron chi connectivity index (χ1n) is 9.47. The molecule has 1 fully saturated rings. The van der Waals surface area contributed by atoms with Gasteiger partial charge < -0.3 is 9.31 Å². The van der Waals surface area contributed by atoms with Crippen molar-refractivity contribution >= 4 is 18.6 Å². The Morgan fingerprint density at radius 2 is 1.41 bits per heavy atom. The Bertz CT molecular complexity index is 860. The van der Waals surface area contributed by atoms with Gasteiger partial charge in [-0.25, -0.2) is 4.99 Å². The SMILES string of the molecule is CC1(C)OB(C2=NC(c3ccccc3)CC(c3ccccc3)=N2)OC1(C)C. The van der Waals surface area contributed by atoms with Crippen LogP contribution in [-0.2, 0) is 9.31 Å². The molecule has 0 radical (unpaired) electrons. The van der Waals surface area contributed by atoms with Crippen LogP contribution in [0.4, 0.5) is 0 Å². The lowest BCUT2D eigenvalue weighted by atomic mass is 9.85. The zero-order chi connectivity index (χ0) is 19.1. The molecule has 4 rings (SSSR count). The van der Waals surface area contributed by atoms with Gasteiger partial charge in [-0.2, -0.15) is 0 Å². The van der Waals surface area contributed by atoms with Gasteiger partial charge in [0, 0.05) is 6.42 Å². The van der Waals surface area contributed by atoms with Crippen molar-refractivity contribution in [2.75, 3.05) is 0 Å². The molecule has 2 aliphatic heterocycles. The first-order valence-corrected chi connectivity index (χ1v) is 9.47. The van der Waals surface area contributed by atoms with Gasteiger partial charge in [-0.05, 0) is 38.8 Å².